The van der Waals surface area contributed by atoms with Crippen LogP contribution in [0.25, 0.3) is 11.5 Å². The number of hydrogen-bond acceptors (Lipinski definition) is 3. The smallest absolute Gasteiger partial charge is 0.339 e. The van der Waals surface area contributed by atoms with E-state index < -0.39 is 5.97 Å². The molecule has 0 atom stereocenters. The number of aromatic nitrogens is 2. The van der Waals surface area contributed by atoms with Crippen LogP contribution >= 0.6 is 15.9 Å². The first kappa shape index (κ1) is 11.9. The minimum atomic E-state index is -1.00. The molecule has 0 aliphatic heterocycles. The van der Waals surface area contributed by atoms with Gasteiger partial charge in [0.1, 0.15) is 11.3 Å². The minimum absolute atomic E-state index is 0.153. The van der Waals surface area contributed by atoms with Gasteiger partial charge in [-0.2, -0.15) is 5.10 Å². The molecule has 0 aliphatic carbocycles. The fraction of sp³-hybridized carbons (Fsp3) is 0.273. The molecular weight excluding hydrogens is 288 g/mol. The van der Waals surface area contributed by atoms with E-state index in [9.17, 15) is 4.79 Å². The molecule has 90 valence electrons. The average molecular weight is 299 g/mol. The van der Waals surface area contributed by atoms with E-state index in [0.29, 0.717) is 22.7 Å². The summed E-state index contributed by atoms with van der Waals surface area (Å²) in [4.78, 5) is 11.1. The van der Waals surface area contributed by atoms with Crippen molar-refractivity contribution in [1.29, 1.82) is 0 Å². The zero-order chi connectivity index (χ0) is 12.4. The summed E-state index contributed by atoms with van der Waals surface area (Å²) in [5.74, 6) is -0.556. The lowest BCUT2D eigenvalue weighted by molar-refractivity contribution is 0.0697. The fourth-order valence-corrected chi connectivity index (χ4v) is 1.85. The van der Waals surface area contributed by atoms with E-state index in [4.69, 9.17) is 9.52 Å². The fourth-order valence-electron chi connectivity index (χ4n) is 1.55. The van der Waals surface area contributed by atoms with Gasteiger partial charge in [-0.05, 0) is 34.5 Å². The number of carbonyl (C=O) groups is 1. The first-order chi connectivity index (χ1) is 8.11. The summed E-state index contributed by atoms with van der Waals surface area (Å²) in [7, 11) is 0. The highest BCUT2D eigenvalue weighted by Gasteiger charge is 2.19. The van der Waals surface area contributed by atoms with E-state index in [0.717, 1.165) is 6.42 Å². The highest BCUT2D eigenvalue weighted by molar-refractivity contribution is 9.10. The SMILES string of the molecule is CCCn1cc(C(=O)O)c(-c2ccc(Br)o2)n1. The Morgan fingerprint density at radius 3 is 2.88 bits per heavy atom. The van der Waals surface area contributed by atoms with Gasteiger partial charge < -0.3 is 9.52 Å². The predicted molar refractivity (Wildman–Crippen MR) is 64.9 cm³/mol. The minimum Gasteiger partial charge on any atom is -0.478 e. The number of carboxylic acid groups (broad SMARTS) is 1. The van der Waals surface area contributed by atoms with Crippen LogP contribution in [0.4, 0.5) is 0 Å². The van der Waals surface area contributed by atoms with Crippen LogP contribution in [-0.2, 0) is 6.54 Å². The van der Waals surface area contributed by atoms with Gasteiger partial charge in [-0.25, -0.2) is 4.79 Å². The van der Waals surface area contributed by atoms with E-state index in [1.807, 2.05) is 6.92 Å². The third-order valence-electron chi connectivity index (χ3n) is 2.25. The zero-order valence-electron chi connectivity index (χ0n) is 9.18. The van der Waals surface area contributed by atoms with Crippen LogP contribution in [0.1, 0.15) is 23.7 Å². The number of aryl methyl sites for hydroxylation is 1. The maximum absolute atomic E-state index is 11.1. The first-order valence-corrected chi connectivity index (χ1v) is 5.97. The molecule has 5 nitrogen and oxygen atoms in total. The van der Waals surface area contributed by atoms with Gasteiger partial charge in [-0.3, -0.25) is 4.68 Å². The molecule has 1 N–H and O–H groups in total. The molecule has 0 saturated carbocycles. The van der Waals surface area contributed by atoms with Crippen molar-refractivity contribution in [2.24, 2.45) is 0 Å². The normalized spacial score (nSPS) is 10.7. The Morgan fingerprint density at radius 1 is 1.59 bits per heavy atom. The Morgan fingerprint density at radius 2 is 2.35 bits per heavy atom. The molecule has 0 spiro atoms. The van der Waals surface area contributed by atoms with Gasteiger partial charge in [0.05, 0.1) is 0 Å². The summed E-state index contributed by atoms with van der Waals surface area (Å²) in [5, 5.41) is 13.3. The Hall–Kier alpha value is -1.56. The molecule has 17 heavy (non-hydrogen) atoms. The summed E-state index contributed by atoms with van der Waals surface area (Å²) in [5.41, 5.74) is 0.511. The maximum atomic E-state index is 11.1. The molecule has 2 rings (SSSR count). The number of carboxylic acids is 1. The number of aromatic carboxylic acids is 1. The van der Waals surface area contributed by atoms with Crippen LogP contribution in [0.5, 0.6) is 0 Å². The lowest BCUT2D eigenvalue weighted by Crippen LogP contribution is -1.97. The molecule has 0 fully saturated rings. The van der Waals surface area contributed by atoms with E-state index >= 15 is 0 Å². The molecule has 0 aliphatic rings. The van der Waals surface area contributed by atoms with Crippen molar-refractivity contribution in [3.05, 3.63) is 28.6 Å². The highest BCUT2D eigenvalue weighted by atomic mass is 79.9. The Bertz CT molecular complexity index is 545. The van der Waals surface area contributed by atoms with Gasteiger partial charge >= 0.3 is 5.97 Å². The second-order valence-corrected chi connectivity index (χ2v) is 4.34. The molecule has 0 amide bonds. The largest absolute Gasteiger partial charge is 0.478 e. The molecule has 2 aromatic heterocycles. The lowest BCUT2D eigenvalue weighted by atomic mass is 10.2. The van der Waals surface area contributed by atoms with Crippen LogP contribution < -0.4 is 0 Å². The van der Waals surface area contributed by atoms with E-state index in [2.05, 4.69) is 21.0 Å². The molecule has 0 saturated heterocycles. The van der Waals surface area contributed by atoms with Crippen LogP contribution in [0.2, 0.25) is 0 Å². The lowest BCUT2D eigenvalue weighted by Gasteiger charge is -1.95. The van der Waals surface area contributed by atoms with E-state index in [1.54, 1.807) is 16.8 Å². The van der Waals surface area contributed by atoms with Gasteiger partial charge in [-0.1, -0.05) is 6.92 Å². The van der Waals surface area contributed by atoms with Crippen LogP contribution in [0.15, 0.2) is 27.4 Å². The van der Waals surface area contributed by atoms with Crippen molar-refractivity contribution in [2.45, 2.75) is 19.9 Å². The molecule has 2 aromatic rings. The summed E-state index contributed by atoms with van der Waals surface area (Å²) in [6.45, 7) is 2.69. The van der Waals surface area contributed by atoms with Crippen LogP contribution in [-0.4, -0.2) is 20.9 Å². The maximum Gasteiger partial charge on any atom is 0.339 e. The summed E-state index contributed by atoms with van der Waals surface area (Å²) in [6.07, 6.45) is 2.42. The molecule has 0 bridgehead atoms. The van der Waals surface area contributed by atoms with Crippen molar-refractivity contribution >= 4 is 21.9 Å². The van der Waals surface area contributed by atoms with E-state index in [-0.39, 0.29) is 5.56 Å². The van der Waals surface area contributed by atoms with Crippen LogP contribution in [0.3, 0.4) is 0 Å². The molecule has 0 unspecified atom stereocenters. The summed E-state index contributed by atoms with van der Waals surface area (Å²) >= 11 is 3.18. The Labute approximate surface area is 106 Å². The molecule has 0 radical (unpaired) electrons. The number of halogens is 1. The molecule has 2 heterocycles. The predicted octanol–water partition coefficient (Wildman–Crippen LogP) is 3.01. The summed E-state index contributed by atoms with van der Waals surface area (Å²) in [6, 6.07) is 3.40. The Balaban J connectivity index is 2.47. The Kier molecular flexibility index (Phi) is 3.33. The standard InChI is InChI=1S/C11H11BrN2O3/c1-2-5-14-6-7(11(15)16)10(13-14)8-3-4-9(12)17-8/h3-4,6H,2,5H2,1H3,(H,15,16). The number of rotatable bonds is 4. The van der Waals surface area contributed by atoms with Gasteiger partial charge in [0.25, 0.3) is 0 Å². The van der Waals surface area contributed by atoms with Gasteiger partial charge in [-0.15, -0.1) is 0 Å². The van der Waals surface area contributed by atoms with Gasteiger partial charge in [0.2, 0.25) is 0 Å². The van der Waals surface area contributed by atoms with E-state index in [1.165, 1.54) is 6.20 Å². The average Bonchev–Trinajstić information content (AvgIpc) is 2.84. The van der Waals surface area contributed by atoms with Crippen molar-refractivity contribution in [3.63, 3.8) is 0 Å². The monoisotopic (exact) mass is 298 g/mol. The van der Waals surface area contributed by atoms with Crippen molar-refractivity contribution in [2.75, 3.05) is 0 Å². The second-order valence-electron chi connectivity index (χ2n) is 3.56. The first-order valence-electron chi connectivity index (χ1n) is 5.18. The highest BCUT2D eigenvalue weighted by Crippen LogP contribution is 2.26. The quantitative estimate of drug-likeness (QED) is 0.942. The molecular formula is C11H11BrN2O3. The topological polar surface area (TPSA) is 68.3 Å². The number of nitrogens with zero attached hydrogens (tertiary/aromatic N) is 2. The van der Waals surface area contributed by atoms with Crippen molar-refractivity contribution in [3.8, 4) is 11.5 Å². The third-order valence-corrected chi connectivity index (χ3v) is 2.68. The van der Waals surface area contributed by atoms with Crippen molar-refractivity contribution < 1.29 is 14.3 Å². The van der Waals surface area contributed by atoms with Crippen LogP contribution in [0, 0.1) is 0 Å². The second kappa shape index (κ2) is 4.75. The molecule has 0 aromatic carbocycles. The van der Waals surface area contributed by atoms with Gasteiger partial charge in [0, 0.05) is 12.7 Å². The third kappa shape index (κ3) is 2.41. The zero-order valence-corrected chi connectivity index (χ0v) is 10.8. The molecule has 6 heteroatoms. The summed E-state index contributed by atoms with van der Waals surface area (Å²) < 4.78 is 7.50. The van der Waals surface area contributed by atoms with Gasteiger partial charge in [0.15, 0.2) is 10.4 Å². The number of hydrogen-bond donors (Lipinski definition) is 1. The van der Waals surface area contributed by atoms with Crippen molar-refractivity contribution in [1.82, 2.24) is 9.78 Å². The number of furan rings is 1.